The van der Waals surface area contributed by atoms with E-state index in [0.717, 1.165) is 32.1 Å². The van der Waals surface area contributed by atoms with Crippen LogP contribution in [-0.2, 0) is 9.59 Å². The van der Waals surface area contributed by atoms with Crippen LogP contribution in [0.1, 0.15) is 38.5 Å². The Morgan fingerprint density at radius 3 is 2.47 bits per heavy atom. The molecule has 1 aromatic carbocycles. The zero-order valence-corrected chi connectivity index (χ0v) is 16.9. The number of benzene rings is 1. The predicted octanol–water partition coefficient (Wildman–Crippen LogP) is 1.34. The molecular formula is C21H28N4O5. The number of carbonyl (C=O) groups excluding carboxylic acids is 3. The lowest BCUT2D eigenvalue weighted by Crippen LogP contribution is -2.55. The minimum absolute atomic E-state index is 0.0667. The van der Waals surface area contributed by atoms with Crippen molar-refractivity contribution in [2.75, 3.05) is 19.7 Å². The Labute approximate surface area is 175 Å². The van der Waals surface area contributed by atoms with Crippen molar-refractivity contribution in [3.05, 3.63) is 24.3 Å². The van der Waals surface area contributed by atoms with Gasteiger partial charge in [0.25, 0.3) is 5.91 Å². The first-order valence-electron chi connectivity index (χ1n) is 10.6. The highest BCUT2D eigenvalue weighted by Crippen LogP contribution is 2.30. The summed E-state index contributed by atoms with van der Waals surface area (Å²) in [5, 5.41) is 3.06. The standard InChI is InChI=1S/C21H28N4O5/c26-19(14-6-5-11-25(12-14)21(28)22-15-7-1-2-8-15)23-24-20(27)18-13-29-16-9-3-4-10-17(16)30-18/h3-4,9-10,14-15,18H,1-2,5-8,11-13H2,(H,22,28)(H,23,26)(H,24,27)/t14-,18-/m0/s1. The molecule has 3 aliphatic rings. The van der Waals surface area contributed by atoms with Gasteiger partial charge in [-0.1, -0.05) is 25.0 Å². The van der Waals surface area contributed by atoms with Crippen LogP contribution in [-0.4, -0.2) is 54.6 Å². The number of fused-ring (bicyclic) bond motifs is 1. The van der Waals surface area contributed by atoms with Crippen molar-refractivity contribution in [3.63, 3.8) is 0 Å². The summed E-state index contributed by atoms with van der Waals surface area (Å²) < 4.78 is 11.2. The van der Waals surface area contributed by atoms with E-state index < -0.39 is 12.0 Å². The molecule has 4 amide bonds. The highest BCUT2D eigenvalue weighted by molar-refractivity contribution is 5.86. The Kier molecular flexibility index (Phi) is 6.25. The number of nitrogens with one attached hydrogen (secondary N) is 3. The van der Waals surface area contributed by atoms with Crippen LogP contribution in [0, 0.1) is 5.92 Å². The van der Waals surface area contributed by atoms with Gasteiger partial charge in [0.2, 0.25) is 12.0 Å². The van der Waals surface area contributed by atoms with Gasteiger partial charge in [-0.25, -0.2) is 4.79 Å². The molecule has 2 heterocycles. The summed E-state index contributed by atoms with van der Waals surface area (Å²) in [6.45, 7) is 1.05. The Bertz CT molecular complexity index is 795. The number of hydrazine groups is 1. The van der Waals surface area contributed by atoms with E-state index in [9.17, 15) is 14.4 Å². The monoisotopic (exact) mass is 416 g/mol. The van der Waals surface area contributed by atoms with Gasteiger partial charge in [-0.2, -0.15) is 0 Å². The molecule has 0 unspecified atom stereocenters. The zero-order chi connectivity index (χ0) is 20.9. The maximum absolute atomic E-state index is 12.5. The lowest BCUT2D eigenvalue weighted by molar-refractivity contribution is -0.136. The van der Waals surface area contributed by atoms with Crippen molar-refractivity contribution in [2.24, 2.45) is 5.92 Å². The number of hydrogen-bond donors (Lipinski definition) is 3. The maximum atomic E-state index is 12.5. The van der Waals surface area contributed by atoms with Gasteiger partial charge in [-0.3, -0.25) is 20.4 Å². The molecule has 3 N–H and O–H groups in total. The van der Waals surface area contributed by atoms with Crippen molar-refractivity contribution < 1.29 is 23.9 Å². The number of urea groups is 1. The number of rotatable bonds is 3. The third-order valence-electron chi connectivity index (χ3n) is 5.87. The third kappa shape index (κ3) is 4.77. The summed E-state index contributed by atoms with van der Waals surface area (Å²) in [5.41, 5.74) is 4.89. The minimum atomic E-state index is -0.847. The molecule has 9 nitrogen and oxygen atoms in total. The smallest absolute Gasteiger partial charge is 0.317 e. The fourth-order valence-electron chi connectivity index (χ4n) is 4.17. The molecule has 9 heteroatoms. The average molecular weight is 416 g/mol. The van der Waals surface area contributed by atoms with Gasteiger partial charge < -0.3 is 19.7 Å². The Morgan fingerprint density at radius 1 is 0.933 bits per heavy atom. The quantitative estimate of drug-likeness (QED) is 0.645. The second kappa shape index (κ2) is 9.23. The average Bonchev–Trinajstić information content (AvgIpc) is 3.30. The fourth-order valence-corrected chi connectivity index (χ4v) is 4.17. The summed E-state index contributed by atoms with van der Waals surface area (Å²) >= 11 is 0. The number of piperidine rings is 1. The second-order valence-electron chi connectivity index (χ2n) is 8.06. The van der Waals surface area contributed by atoms with Gasteiger partial charge in [0, 0.05) is 19.1 Å². The zero-order valence-electron chi connectivity index (χ0n) is 16.9. The van der Waals surface area contributed by atoms with Gasteiger partial charge in [-0.15, -0.1) is 0 Å². The normalized spacial score (nSPS) is 23.5. The van der Waals surface area contributed by atoms with Crippen LogP contribution in [0.3, 0.4) is 0 Å². The topological polar surface area (TPSA) is 109 Å². The molecule has 1 saturated heterocycles. The molecule has 2 fully saturated rings. The first-order chi connectivity index (χ1) is 14.6. The molecule has 4 rings (SSSR count). The van der Waals surface area contributed by atoms with Crippen molar-refractivity contribution in [2.45, 2.75) is 50.7 Å². The lowest BCUT2D eigenvalue weighted by atomic mass is 9.97. The lowest BCUT2D eigenvalue weighted by Gasteiger charge is -2.33. The van der Waals surface area contributed by atoms with Crippen LogP contribution in [0.4, 0.5) is 4.79 Å². The van der Waals surface area contributed by atoms with E-state index in [2.05, 4.69) is 16.2 Å². The molecule has 0 spiro atoms. The van der Waals surface area contributed by atoms with Crippen LogP contribution in [0.15, 0.2) is 24.3 Å². The largest absolute Gasteiger partial charge is 0.485 e. The van der Waals surface area contributed by atoms with Gasteiger partial charge >= 0.3 is 6.03 Å². The molecule has 1 aromatic rings. The molecule has 162 valence electrons. The Balaban J connectivity index is 1.23. The second-order valence-corrected chi connectivity index (χ2v) is 8.06. The molecule has 0 bridgehead atoms. The molecule has 1 aliphatic carbocycles. The first kappa shape index (κ1) is 20.3. The van der Waals surface area contributed by atoms with E-state index in [4.69, 9.17) is 9.47 Å². The molecule has 0 aromatic heterocycles. The summed E-state index contributed by atoms with van der Waals surface area (Å²) in [6, 6.07) is 7.25. The summed E-state index contributed by atoms with van der Waals surface area (Å²) in [7, 11) is 0. The molecule has 30 heavy (non-hydrogen) atoms. The number of ether oxygens (including phenoxy) is 2. The molecular weight excluding hydrogens is 388 g/mol. The molecule has 2 atom stereocenters. The summed E-state index contributed by atoms with van der Waals surface area (Å²) in [5.74, 6) is -0.0730. The first-order valence-corrected chi connectivity index (χ1v) is 10.6. The van der Waals surface area contributed by atoms with Gasteiger partial charge in [0.1, 0.15) is 6.61 Å². The van der Waals surface area contributed by atoms with Crippen LogP contribution in [0.25, 0.3) is 0 Å². The van der Waals surface area contributed by atoms with Gasteiger partial charge in [0.05, 0.1) is 5.92 Å². The number of nitrogens with zero attached hydrogens (tertiary/aromatic N) is 1. The molecule has 0 radical (unpaired) electrons. The maximum Gasteiger partial charge on any atom is 0.317 e. The SMILES string of the molecule is O=C(NNC(=O)[C@@H]1COc2ccccc2O1)[C@H]1CCCN(C(=O)NC2CCCC2)C1. The van der Waals surface area contributed by atoms with E-state index in [1.54, 1.807) is 23.1 Å². The molecule has 1 saturated carbocycles. The van der Waals surface area contributed by atoms with Crippen LogP contribution in [0.2, 0.25) is 0 Å². The molecule has 2 aliphatic heterocycles. The van der Waals surface area contributed by atoms with Crippen LogP contribution in [0.5, 0.6) is 11.5 Å². The van der Waals surface area contributed by atoms with E-state index in [0.29, 0.717) is 31.0 Å². The van der Waals surface area contributed by atoms with Gasteiger partial charge in [-0.05, 0) is 37.8 Å². The van der Waals surface area contributed by atoms with Crippen LogP contribution >= 0.6 is 0 Å². The fraction of sp³-hybridized carbons (Fsp3) is 0.571. The number of likely N-dealkylation sites (tertiary alicyclic amines) is 1. The number of hydrogen-bond acceptors (Lipinski definition) is 5. The number of amides is 4. The highest BCUT2D eigenvalue weighted by atomic mass is 16.6. The van der Waals surface area contributed by atoms with E-state index in [1.165, 1.54) is 0 Å². The van der Waals surface area contributed by atoms with E-state index in [-0.39, 0.29) is 30.5 Å². The highest BCUT2D eigenvalue weighted by Gasteiger charge is 2.31. The van der Waals surface area contributed by atoms with Crippen molar-refractivity contribution in [1.29, 1.82) is 0 Å². The van der Waals surface area contributed by atoms with Crippen molar-refractivity contribution >= 4 is 17.8 Å². The number of carbonyl (C=O) groups is 3. The van der Waals surface area contributed by atoms with Crippen molar-refractivity contribution in [3.8, 4) is 11.5 Å². The van der Waals surface area contributed by atoms with Crippen molar-refractivity contribution in [1.82, 2.24) is 21.1 Å². The van der Waals surface area contributed by atoms with E-state index >= 15 is 0 Å². The number of para-hydroxylation sites is 2. The Hall–Kier alpha value is -2.97. The summed E-state index contributed by atoms with van der Waals surface area (Å²) in [6.07, 6.45) is 4.92. The Morgan fingerprint density at radius 2 is 1.67 bits per heavy atom. The van der Waals surface area contributed by atoms with E-state index in [1.807, 2.05) is 6.07 Å². The third-order valence-corrected chi connectivity index (χ3v) is 5.87. The van der Waals surface area contributed by atoms with Crippen LogP contribution < -0.4 is 25.6 Å². The minimum Gasteiger partial charge on any atom is -0.485 e. The summed E-state index contributed by atoms with van der Waals surface area (Å²) in [4.78, 5) is 39.1. The predicted molar refractivity (Wildman–Crippen MR) is 108 cm³/mol. The van der Waals surface area contributed by atoms with Gasteiger partial charge in [0.15, 0.2) is 11.5 Å².